The van der Waals surface area contributed by atoms with Crippen molar-refractivity contribution in [3.63, 3.8) is 0 Å². The van der Waals surface area contributed by atoms with Gasteiger partial charge in [0.05, 0.1) is 23.0 Å². The molecule has 1 aliphatic heterocycles. The van der Waals surface area contributed by atoms with Gasteiger partial charge in [0.15, 0.2) is 5.78 Å². The Balaban J connectivity index is 2.23. The number of rotatable bonds is 4. The first-order valence-electron chi connectivity index (χ1n) is 5.11. The molecule has 6 nitrogen and oxygen atoms in total. The van der Waals surface area contributed by atoms with Crippen LogP contribution in [0.2, 0.25) is 0 Å². The maximum atomic E-state index is 11.2. The first kappa shape index (κ1) is 12.0. The highest BCUT2D eigenvalue weighted by molar-refractivity contribution is 7.16. The molecule has 92 valence electrons. The van der Waals surface area contributed by atoms with Gasteiger partial charge in [-0.3, -0.25) is 14.9 Å². The average molecular weight is 257 g/mol. The molecule has 1 fully saturated rings. The number of ether oxygens (including phenoxy) is 2. The molecule has 0 radical (unpaired) electrons. The Labute approximate surface area is 101 Å². The van der Waals surface area contributed by atoms with Gasteiger partial charge in [0, 0.05) is 12.5 Å². The van der Waals surface area contributed by atoms with Gasteiger partial charge in [-0.05, 0) is 6.92 Å². The molecule has 0 saturated carbocycles. The van der Waals surface area contributed by atoms with Gasteiger partial charge in [0.25, 0.3) is 5.06 Å². The van der Waals surface area contributed by atoms with Gasteiger partial charge in [0.2, 0.25) is 0 Å². The van der Waals surface area contributed by atoms with Gasteiger partial charge in [-0.15, -0.1) is 0 Å². The van der Waals surface area contributed by atoms with Gasteiger partial charge in [-0.25, -0.2) is 0 Å². The summed E-state index contributed by atoms with van der Waals surface area (Å²) < 4.78 is 10.6. The number of Topliss-reactive ketones (excluding diaryl/α,β-unsaturated/α-hetero) is 1. The lowest BCUT2D eigenvalue weighted by Gasteiger charge is -2.08. The van der Waals surface area contributed by atoms with Crippen molar-refractivity contribution in [2.75, 3.05) is 13.2 Å². The Morgan fingerprint density at radius 3 is 3.00 bits per heavy atom. The quantitative estimate of drug-likeness (QED) is 0.468. The molecule has 0 amide bonds. The van der Waals surface area contributed by atoms with E-state index in [0.29, 0.717) is 24.5 Å². The zero-order valence-electron chi connectivity index (χ0n) is 9.17. The molecule has 1 unspecified atom stereocenters. The molecule has 1 aromatic rings. The number of carbonyl (C=O) groups is 1. The first-order valence-corrected chi connectivity index (χ1v) is 5.93. The molecule has 0 aliphatic carbocycles. The Morgan fingerprint density at radius 2 is 2.47 bits per heavy atom. The molecule has 1 aromatic heterocycles. The van der Waals surface area contributed by atoms with Crippen LogP contribution < -0.4 is 4.74 Å². The minimum atomic E-state index is -0.534. The van der Waals surface area contributed by atoms with Crippen molar-refractivity contribution < 1.29 is 19.2 Å². The molecule has 1 atom stereocenters. The monoisotopic (exact) mass is 257 g/mol. The zero-order valence-corrected chi connectivity index (χ0v) is 9.99. The summed E-state index contributed by atoms with van der Waals surface area (Å²) in [7, 11) is 0. The number of hydrogen-bond donors (Lipinski definition) is 0. The van der Waals surface area contributed by atoms with Crippen LogP contribution in [0.1, 0.15) is 23.0 Å². The lowest BCUT2D eigenvalue weighted by atomic mass is 10.3. The second-order valence-corrected chi connectivity index (χ2v) is 4.71. The Bertz CT molecular complexity index is 450. The van der Waals surface area contributed by atoms with E-state index in [-0.39, 0.29) is 22.6 Å². The number of nitro groups is 1. The minimum Gasteiger partial charge on any atom is -0.473 e. The number of thiophene rings is 1. The van der Waals surface area contributed by atoms with Crippen LogP contribution in [0.4, 0.5) is 5.69 Å². The third-order valence-electron chi connectivity index (χ3n) is 2.38. The van der Waals surface area contributed by atoms with E-state index in [9.17, 15) is 14.9 Å². The predicted molar refractivity (Wildman–Crippen MR) is 60.8 cm³/mol. The fraction of sp³-hybridized carbons (Fsp3) is 0.500. The van der Waals surface area contributed by atoms with Crippen molar-refractivity contribution in [2.45, 2.75) is 19.4 Å². The highest BCUT2D eigenvalue weighted by Gasteiger charge is 2.26. The van der Waals surface area contributed by atoms with Crippen molar-refractivity contribution in [3.05, 3.63) is 21.1 Å². The van der Waals surface area contributed by atoms with Gasteiger partial charge >= 0.3 is 5.69 Å². The second-order valence-electron chi connectivity index (χ2n) is 3.70. The van der Waals surface area contributed by atoms with E-state index in [4.69, 9.17) is 9.47 Å². The number of carbonyl (C=O) groups excluding carboxylic acids is 1. The third kappa shape index (κ3) is 2.62. The second kappa shape index (κ2) is 4.80. The molecule has 2 rings (SSSR count). The van der Waals surface area contributed by atoms with Crippen molar-refractivity contribution in [1.82, 2.24) is 0 Å². The lowest BCUT2D eigenvalue weighted by Crippen LogP contribution is -2.15. The molecular formula is C10H11NO5S. The predicted octanol–water partition coefficient (Wildman–Crippen LogP) is 2.03. The van der Waals surface area contributed by atoms with E-state index in [1.807, 2.05) is 0 Å². The molecule has 17 heavy (non-hydrogen) atoms. The number of hydrogen-bond acceptors (Lipinski definition) is 6. The smallest absolute Gasteiger partial charge is 0.323 e. The Hall–Kier alpha value is -1.47. The van der Waals surface area contributed by atoms with Crippen LogP contribution in [-0.4, -0.2) is 30.0 Å². The van der Waals surface area contributed by atoms with Crippen molar-refractivity contribution in [3.8, 4) is 5.06 Å². The summed E-state index contributed by atoms with van der Waals surface area (Å²) in [6, 6.07) is 1.26. The summed E-state index contributed by atoms with van der Waals surface area (Å²) in [5.41, 5.74) is -0.146. The Kier molecular flexibility index (Phi) is 3.39. The highest BCUT2D eigenvalue weighted by Crippen LogP contribution is 2.38. The van der Waals surface area contributed by atoms with Gasteiger partial charge < -0.3 is 9.47 Å². The van der Waals surface area contributed by atoms with E-state index in [2.05, 4.69) is 0 Å². The van der Waals surface area contributed by atoms with Crippen LogP contribution in [0.25, 0.3) is 0 Å². The fourth-order valence-electron chi connectivity index (χ4n) is 1.51. The van der Waals surface area contributed by atoms with Crippen LogP contribution in [0.15, 0.2) is 6.07 Å². The van der Waals surface area contributed by atoms with Crippen LogP contribution in [0.5, 0.6) is 5.06 Å². The summed E-state index contributed by atoms with van der Waals surface area (Å²) in [6.45, 7) is 2.41. The average Bonchev–Trinajstić information content (AvgIpc) is 2.87. The topological polar surface area (TPSA) is 78.7 Å². The molecule has 0 spiro atoms. The minimum absolute atomic E-state index is 0.146. The largest absolute Gasteiger partial charge is 0.473 e. The zero-order chi connectivity index (χ0) is 12.4. The molecule has 0 bridgehead atoms. The molecule has 0 aromatic carbocycles. The van der Waals surface area contributed by atoms with E-state index < -0.39 is 4.92 Å². The Morgan fingerprint density at radius 1 is 1.71 bits per heavy atom. The SMILES string of the molecule is CC(=O)c1cc([N+](=O)[O-])c(OC2CCOC2)s1. The third-order valence-corrected chi connectivity index (χ3v) is 3.50. The van der Waals surface area contributed by atoms with E-state index in [1.165, 1.54) is 13.0 Å². The van der Waals surface area contributed by atoms with Gasteiger partial charge in [0.1, 0.15) is 6.10 Å². The molecule has 0 N–H and O–H groups in total. The van der Waals surface area contributed by atoms with Crippen LogP contribution in [0, 0.1) is 10.1 Å². The van der Waals surface area contributed by atoms with Gasteiger partial charge in [-0.1, -0.05) is 11.3 Å². The van der Waals surface area contributed by atoms with E-state index >= 15 is 0 Å². The fourth-order valence-corrected chi connectivity index (χ4v) is 2.44. The summed E-state index contributed by atoms with van der Waals surface area (Å²) in [4.78, 5) is 21.8. The number of ketones is 1. The summed E-state index contributed by atoms with van der Waals surface area (Å²) in [5, 5.41) is 11.0. The highest BCUT2D eigenvalue weighted by atomic mass is 32.1. The summed E-state index contributed by atoms with van der Waals surface area (Å²) in [5.74, 6) is -0.198. The number of nitrogens with zero attached hydrogens (tertiary/aromatic N) is 1. The molecular weight excluding hydrogens is 246 g/mol. The first-order chi connectivity index (χ1) is 8.08. The van der Waals surface area contributed by atoms with Crippen LogP contribution >= 0.6 is 11.3 Å². The molecule has 1 aliphatic rings. The van der Waals surface area contributed by atoms with E-state index in [1.54, 1.807) is 0 Å². The summed E-state index contributed by atoms with van der Waals surface area (Å²) in [6.07, 6.45) is 0.553. The standard InChI is InChI=1S/C10H11NO5S/c1-6(12)9-4-8(11(13)14)10(17-9)16-7-2-3-15-5-7/h4,7H,2-3,5H2,1H3. The van der Waals surface area contributed by atoms with Crippen LogP contribution in [-0.2, 0) is 4.74 Å². The molecule has 2 heterocycles. The van der Waals surface area contributed by atoms with Gasteiger partial charge in [-0.2, -0.15) is 0 Å². The maximum absolute atomic E-state index is 11.2. The van der Waals surface area contributed by atoms with E-state index in [0.717, 1.165) is 11.3 Å². The molecule has 1 saturated heterocycles. The lowest BCUT2D eigenvalue weighted by molar-refractivity contribution is -0.385. The van der Waals surface area contributed by atoms with Crippen molar-refractivity contribution in [2.24, 2.45) is 0 Å². The summed E-state index contributed by atoms with van der Waals surface area (Å²) >= 11 is 1.01. The van der Waals surface area contributed by atoms with Crippen molar-refractivity contribution in [1.29, 1.82) is 0 Å². The maximum Gasteiger partial charge on any atom is 0.323 e. The van der Waals surface area contributed by atoms with Crippen LogP contribution in [0.3, 0.4) is 0 Å². The van der Waals surface area contributed by atoms with Crippen molar-refractivity contribution >= 4 is 22.8 Å². The molecule has 7 heteroatoms. The normalized spacial score (nSPS) is 19.2.